The van der Waals surface area contributed by atoms with Gasteiger partial charge in [0, 0.05) is 0 Å². The van der Waals surface area contributed by atoms with Crippen LogP contribution in [0.1, 0.15) is 13.8 Å². The van der Waals surface area contributed by atoms with Gasteiger partial charge in [-0.05, 0) is 13.8 Å². The third-order valence-electron chi connectivity index (χ3n) is 1.45. The van der Waals surface area contributed by atoms with E-state index in [1.807, 2.05) is 0 Å². The van der Waals surface area contributed by atoms with Crippen LogP contribution in [0, 0.1) is 0 Å². The minimum absolute atomic E-state index is 0.0510. The number of allylic oxidation sites excluding steroid dienone is 1. The second-order valence-electron chi connectivity index (χ2n) is 2.52. The highest BCUT2D eigenvalue weighted by Crippen LogP contribution is 2.22. The zero-order chi connectivity index (χ0) is 10.2. The molecule has 0 aliphatic carbocycles. The number of Topliss-reactive ketones (excluding diaryl/α,β-unsaturated/α-hetero) is 1. The molecule has 0 aromatic carbocycles. The van der Waals surface area contributed by atoms with E-state index in [1.54, 1.807) is 0 Å². The first-order chi connectivity index (χ1) is 5.81. The number of hydrogen-bond acceptors (Lipinski definition) is 5. The van der Waals surface area contributed by atoms with E-state index in [2.05, 4.69) is 4.18 Å². The summed E-state index contributed by atoms with van der Waals surface area (Å²) in [6.07, 6.45) is -0.767. The van der Waals surface area contributed by atoms with E-state index in [-0.39, 0.29) is 5.76 Å². The van der Waals surface area contributed by atoms with Gasteiger partial charge < -0.3 is 8.92 Å². The Morgan fingerprint density at radius 1 is 1.54 bits per heavy atom. The quantitative estimate of drug-likeness (QED) is 0.643. The molecular weight excluding hydrogens is 200 g/mol. The predicted octanol–water partition coefficient (Wildman–Crippen LogP) is 0.0251. The number of carbonyl (C=O) groups excluding carboxylic acids is 1. The highest BCUT2D eigenvalue weighted by molar-refractivity contribution is 7.81. The zero-order valence-electron chi connectivity index (χ0n) is 6.97. The fourth-order valence-corrected chi connectivity index (χ4v) is 1.35. The van der Waals surface area contributed by atoms with Gasteiger partial charge >= 0.3 is 10.4 Å². The molecule has 1 aliphatic heterocycles. The van der Waals surface area contributed by atoms with Gasteiger partial charge in [0.2, 0.25) is 11.5 Å². The number of rotatable bonds is 2. The lowest BCUT2D eigenvalue weighted by Crippen LogP contribution is -2.16. The van der Waals surface area contributed by atoms with Crippen LogP contribution in [0.15, 0.2) is 11.5 Å². The van der Waals surface area contributed by atoms with Crippen LogP contribution in [0.3, 0.4) is 0 Å². The van der Waals surface area contributed by atoms with Crippen molar-refractivity contribution in [3.63, 3.8) is 0 Å². The minimum atomic E-state index is -4.66. The van der Waals surface area contributed by atoms with Crippen molar-refractivity contribution in [1.29, 1.82) is 0 Å². The van der Waals surface area contributed by atoms with Crippen LogP contribution in [0.25, 0.3) is 0 Å². The Kier molecular flexibility index (Phi) is 2.31. The summed E-state index contributed by atoms with van der Waals surface area (Å²) in [5.74, 6) is -1.01. The van der Waals surface area contributed by atoms with Crippen LogP contribution in [-0.2, 0) is 24.1 Å². The van der Waals surface area contributed by atoms with E-state index in [9.17, 15) is 13.2 Å². The Hall–Kier alpha value is -1.08. The molecule has 1 aliphatic rings. The molecule has 7 heteroatoms. The van der Waals surface area contributed by atoms with Crippen LogP contribution in [-0.4, -0.2) is 24.9 Å². The van der Waals surface area contributed by atoms with Crippen molar-refractivity contribution in [2.45, 2.75) is 20.0 Å². The minimum Gasteiger partial charge on any atom is -0.483 e. The molecule has 1 unspecified atom stereocenters. The largest absolute Gasteiger partial charge is 0.483 e. The average Bonchev–Trinajstić information content (AvgIpc) is 2.14. The van der Waals surface area contributed by atoms with Crippen LogP contribution >= 0.6 is 0 Å². The van der Waals surface area contributed by atoms with Gasteiger partial charge in [0.1, 0.15) is 5.76 Å². The van der Waals surface area contributed by atoms with Crippen molar-refractivity contribution in [1.82, 2.24) is 0 Å². The van der Waals surface area contributed by atoms with Crippen LogP contribution in [0.2, 0.25) is 0 Å². The Bertz CT molecular complexity index is 365. The fraction of sp³-hybridized carbons (Fsp3) is 0.500. The number of ketones is 1. The molecule has 6 nitrogen and oxygen atoms in total. The van der Waals surface area contributed by atoms with Gasteiger partial charge in [-0.1, -0.05) is 0 Å². The van der Waals surface area contributed by atoms with E-state index in [0.717, 1.165) is 0 Å². The van der Waals surface area contributed by atoms with Crippen molar-refractivity contribution in [2.24, 2.45) is 0 Å². The third kappa shape index (κ3) is 2.19. The molecule has 0 saturated heterocycles. The summed E-state index contributed by atoms with van der Waals surface area (Å²) >= 11 is 0. The van der Waals surface area contributed by atoms with Gasteiger partial charge in [0.05, 0.1) is 0 Å². The van der Waals surface area contributed by atoms with Gasteiger partial charge in [-0.3, -0.25) is 9.35 Å². The van der Waals surface area contributed by atoms with Crippen LogP contribution < -0.4 is 0 Å². The Morgan fingerprint density at radius 2 is 2.08 bits per heavy atom. The molecule has 0 saturated carbocycles. The molecule has 13 heavy (non-hydrogen) atoms. The summed E-state index contributed by atoms with van der Waals surface area (Å²) in [7, 11) is -4.66. The Labute approximate surface area is 75.1 Å². The molecule has 74 valence electrons. The first-order valence-corrected chi connectivity index (χ1v) is 4.76. The third-order valence-corrected chi connectivity index (χ3v) is 1.83. The van der Waals surface area contributed by atoms with E-state index < -0.39 is 28.0 Å². The van der Waals surface area contributed by atoms with Gasteiger partial charge in [0.15, 0.2) is 6.10 Å². The Morgan fingerprint density at radius 3 is 2.38 bits per heavy atom. The van der Waals surface area contributed by atoms with Crippen molar-refractivity contribution in [3.05, 3.63) is 11.5 Å². The van der Waals surface area contributed by atoms with Crippen molar-refractivity contribution in [2.75, 3.05) is 0 Å². The second-order valence-corrected chi connectivity index (χ2v) is 3.54. The number of hydrogen-bond donors (Lipinski definition) is 1. The molecule has 0 aromatic rings. The van der Waals surface area contributed by atoms with Gasteiger partial charge in [-0.25, -0.2) is 0 Å². The summed E-state index contributed by atoms with van der Waals surface area (Å²) in [5, 5.41) is 0. The maximum absolute atomic E-state index is 11.1. The predicted molar refractivity (Wildman–Crippen MR) is 40.9 cm³/mol. The van der Waals surface area contributed by atoms with Gasteiger partial charge in [-0.15, -0.1) is 0 Å². The monoisotopic (exact) mass is 208 g/mol. The SMILES string of the molecule is CC1=C(OS(=O)(=O)O)C(=O)C(C)O1. The maximum Gasteiger partial charge on any atom is 0.446 e. The zero-order valence-corrected chi connectivity index (χ0v) is 7.79. The first-order valence-electron chi connectivity index (χ1n) is 3.40. The molecule has 1 N–H and O–H groups in total. The lowest BCUT2D eigenvalue weighted by molar-refractivity contribution is -0.122. The lowest BCUT2D eigenvalue weighted by Gasteiger charge is -1.99. The molecule has 0 amide bonds. The molecule has 1 atom stereocenters. The molecule has 0 aromatic heterocycles. The summed E-state index contributed by atoms with van der Waals surface area (Å²) in [4.78, 5) is 11.1. The van der Waals surface area contributed by atoms with Crippen molar-refractivity contribution < 1.29 is 26.7 Å². The molecule has 0 radical (unpaired) electrons. The topological polar surface area (TPSA) is 89.9 Å². The normalized spacial score (nSPS) is 23.3. The summed E-state index contributed by atoms with van der Waals surface area (Å²) < 4.78 is 37.7. The summed E-state index contributed by atoms with van der Waals surface area (Å²) in [6.45, 7) is 2.83. The first kappa shape index (κ1) is 10.0. The van der Waals surface area contributed by atoms with Gasteiger partial charge in [0.25, 0.3) is 0 Å². The van der Waals surface area contributed by atoms with Gasteiger partial charge in [-0.2, -0.15) is 8.42 Å². The molecule has 1 heterocycles. The van der Waals surface area contributed by atoms with Crippen molar-refractivity contribution in [3.8, 4) is 0 Å². The average molecular weight is 208 g/mol. The van der Waals surface area contributed by atoms with Crippen LogP contribution in [0.5, 0.6) is 0 Å². The number of carbonyl (C=O) groups is 1. The molecule has 0 fully saturated rings. The van der Waals surface area contributed by atoms with E-state index in [4.69, 9.17) is 9.29 Å². The number of ether oxygens (including phenoxy) is 1. The van der Waals surface area contributed by atoms with Crippen LogP contribution in [0.4, 0.5) is 0 Å². The molecule has 0 bridgehead atoms. The molecule has 1 rings (SSSR count). The standard InChI is InChI=1S/C6H8O6S/c1-3-5(7)6(4(2)11-3)12-13(8,9)10/h3H,1-2H3,(H,8,9,10). The molecule has 0 spiro atoms. The fourth-order valence-electron chi connectivity index (χ4n) is 0.935. The van der Waals surface area contributed by atoms with E-state index in [0.29, 0.717) is 0 Å². The van der Waals surface area contributed by atoms with E-state index in [1.165, 1.54) is 13.8 Å². The lowest BCUT2D eigenvalue weighted by atomic mass is 10.2. The highest BCUT2D eigenvalue weighted by Gasteiger charge is 2.34. The van der Waals surface area contributed by atoms with Crippen molar-refractivity contribution >= 4 is 16.2 Å². The molecular formula is C6H8O6S. The maximum atomic E-state index is 11.1. The second kappa shape index (κ2) is 3.00. The summed E-state index contributed by atoms with van der Waals surface area (Å²) in [5.41, 5.74) is 0. The smallest absolute Gasteiger partial charge is 0.446 e. The highest BCUT2D eigenvalue weighted by atomic mass is 32.3. The van der Waals surface area contributed by atoms with E-state index >= 15 is 0 Å². The Balaban J connectivity index is 2.93. The summed E-state index contributed by atoms with van der Waals surface area (Å²) in [6, 6.07) is 0.